The summed E-state index contributed by atoms with van der Waals surface area (Å²) in [5.74, 6) is -0.945. The number of carbonyl (C=O) groups excluding carboxylic acids is 1. The zero-order chi connectivity index (χ0) is 13.5. The lowest BCUT2D eigenvalue weighted by molar-refractivity contribution is 0.0947. The van der Waals surface area contributed by atoms with Gasteiger partial charge in [0, 0.05) is 25.9 Å². The summed E-state index contributed by atoms with van der Waals surface area (Å²) >= 11 is 0. The standard InChI is InChI=1S/C13H19FN2O2/c1-9-7-10(15)8-11(12(9)14)13(17)16-5-3-4-6-18-2/h7-8H,3-6,15H2,1-2H3,(H,16,17). The molecular weight excluding hydrogens is 235 g/mol. The first-order valence-electron chi connectivity index (χ1n) is 5.89. The number of hydrogen-bond donors (Lipinski definition) is 2. The largest absolute Gasteiger partial charge is 0.399 e. The Morgan fingerprint density at radius 1 is 1.44 bits per heavy atom. The summed E-state index contributed by atoms with van der Waals surface area (Å²) in [6.45, 7) is 2.73. The molecule has 1 rings (SSSR count). The molecule has 1 amide bonds. The van der Waals surface area contributed by atoms with Crippen LogP contribution in [0.5, 0.6) is 0 Å². The van der Waals surface area contributed by atoms with E-state index >= 15 is 0 Å². The fourth-order valence-corrected chi connectivity index (χ4v) is 1.63. The Morgan fingerprint density at radius 3 is 2.83 bits per heavy atom. The zero-order valence-electron chi connectivity index (χ0n) is 10.8. The minimum Gasteiger partial charge on any atom is -0.399 e. The van der Waals surface area contributed by atoms with Gasteiger partial charge in [-0.25, -0.2) is 4.39 Å². The molecule has 0 atom stereocenters. The van der Waals surface area contributed by atoms with E-state index < -0.39 is 11.7 Å². The van der Waals surface area contributed by atoms with Crippen molar-refractivity contribution < 1.29 is 13.9 Å². The minimum atomic E-state index is -0.515. The van der Waals surface area contributed by atoms with Gasteiger partial charge in [0.05, 0.1) is 5.56 Å². The monoisotopic (exact) mass is 254 g/mol. The number of nitrogens with two attached hydrogens (primary N) is 1. The van der Waals surface area contributed by atoms with Crippen molar-refractivity contribution in [2.45, 2.75) is 19.8 Å². The van der Waals surface area contributed by atoms with Gasteiger partial charge in [0.2, 0.25) is 0 Å². The number of halogens is 1. The average Bonchev–Trinajstić information content (AvgIpc) is 2.33. The number of aryl methyl sites for hydroxylation is 1. The van der Waals surface area contributed by atoms with Gasteiger partial charge in [0.25, 0.3) is 5.91 Å². The quantitative estimate of drug-likeness (QED) is 0.601. The molecule has 1 aromatic rings. The molecular formula is C13H19FN2O2. The summed E-state index contributed by atoms with van der Waals surface area (Å²) in [7, 11) is 1.63. The van der Waals surface area contributed by atoms with Crippen LogP contribution in [0.1, 0.15) is 28.8 Å². The lowest BCUT2D eigenvalue weighted by atomic mass is 10.1. The molecule has 0 bridgehead atoms. The van der Waals surface area contributed by atoms with Crippen LogP contribution in [0, 0.1) is 12.7 Å². The number of anilines is 1. The van der Waals surface area contributed by atoms with Crippen molar-refractivity contribution in [3.8, 4) is 0 Å². The summed E-state index contributed by atoms with van der Waals surface area (Å²) in [5.41, 5.74) is 6.36. The molecule has 0 aliphatic carbocycles. The van der Waals surface area contributed by atoms with E-state index in [1.54, 1.807) is 14.0 Å². The maximum Gasteiger partial charge on any atom is 0.254 e. The minimum absolute atomic E-state index is 0.000702. The van der Waals surface area contributed by atoms with Crippen molar-refractivity contribution in [2.75, 3.05) is 26.0 Å². The molecule has 0 unspecified atom stereocenters. The summed E-state index contributed by atoms with van der Waals surface area (Å²) in [5, 5.41) is 2.66. The molecule has 1 aromatic carbocycles. The number of hydrogen-bond acceptors (Lipinski definition) is 3. The first-order valence-corrected chi connectivity index (χ1v) is 5.89. The Hall–Kier alpha value is -1.62. The van der Waals surface area contributed by atoms with E-state index in [-0.39, 0.29) is 5.56 Å². The molecule has 0 saturated carbocycles. The topological polar surface area (TPSA) is 64.3 Å². The van der Waals surface area contributed by atoms with Crippen LogP contribution in [0.3, 0.4) is 0 Å². The number of nitrogen functional groups attached to an aromatic ring is 1. The van der Waals surface area contributed by atoms with Gasteiger partial charge in [0.15, 0.2) is 0 Å². The van der Waals surface area contributed by atoms with Gasteiger partial charge < -0.3 is 15.8 Å². The molecule has 0 heterocycles. The smallest absolute Gasteiger partial charge is 0.254 e. The van der Waals surface area contributed by atoms with E-state index in [0.717, 1.165) is 12.8 Å². The Morgan fingerprint density at radius 2 is 2.17 bits per heavy atom. The second kappa shape index (κ2) is 6.96. The number of nitrogens with one attached hydrogen (secondary N) is 1. The summed E-state index contributed by atoms with van der Waals surface area (Å²) < 4.78 is 18.6. The maximum absolute atomic E-state index is 13.7. The van der Waals surface area contributed by atoms with E-state index in [1.807, 2.05) is 0 Å². The fourth-order valence-electron chi connectivity index (χ4n) is 1.63. The number of ether oxygens (including phenoxy) is 1. The van der Waals surface area contributed by atoms with Gasteiger partial charge in [-0.05, 0) is 37.5 Å². The highest BCUT2D eigenvalue weighted by Crippen LogP contribution is 2.16. The number of amides is 1. The van der Waals surface area contributed by atoms with Gasteiger partial charge in [-0.3, -0.25) is 4.79 Å². The van der Waals surface area contributed by atoms with Crippen LogP contribution in [-0.4, -0.2) is 26.2 Å². The molecule has 0 aliphatic rings. The van der Waals surface area contributed by atoms with Crippen molar-refractivity contribution in [3.63, 3.8) is 0 Å². The highest BCUT2D eigenvalue weighted by atomic mass is 19.1. The highest BCUT2D eigenvalue weighted by molar-refractivity contribution is 5.95. The molecule has 4 nitrogen and oxygen atoms in total. The molecule has 5 heteroatoms. The predicted octanol–water partition coefficient (Wildman–Crippen LogP) is 1.87. The Labute approximate surface area is 106 Å². The molecule has 18 heavy (non-hydrogen) atoms. The summed E-state index contributed by atoms with van der Waals surface area (Å²) in [6, 6.07) is 2.86. The summed E-state index contributed by atoms with van der Waals surface area (Å²) in [6.07, 6.45) is 1.65. The molecule has 0 spiro atoms. The number of carbonyl (C=O) groups is 1. The van der Waals surface area contributed by atoms with E-state index in [1.165, 1.54) is 12.1 Å². The van der Waals surface area contributed by atoms with Gasteiger partial charge in [0.1, 0.15) is 5.82 Å². The van der Waals surface area contributed by atoms with Gasteiger partial charge in [-0.15, -0.1) is 0 Å². The predicted molar refractivity (Wildman–Crippen MR) is 69.0 cm³/mol. The molecule has 0 fully saturated rings. The Kier molecular flexibility index (Phi) is 5.58. The molecule has 0 aliphatic heterocycles. The second-order valence-corrected chi connectivity index (χ2v) is 4.16. The van der Waals surface area contributed by atoms with E-state index in [4.69, 9.17) is 10.5 Å². The van der Waals surface area contributed by atoms with Gasteiger partial charge in [-0.1, -0.05) is 0 Å². The maximum atomic E-state index is 13.7. The highest BCUT2D eigenvalue weighted by Gasteiger charge is 2.13. The van der Waals surface area contributed by atoms with Crippen LogP contribution >= 0.6 is 0 Å². The third-order valence-corrected chi connectivity index (χ3v) is 2.58. The van der Waals surface area contributed by atoms with Crippen LogP contribution in [-0.2, 0) is 4.74 Å². The van der Waals surface area contributed by atoms with E-state index in [9.17, 15) is 9.18 Å². The van der Waals surface area contributed by atoms with E-state index in [0.29, 0.717) is 24.4 Å². The first kappa shape index (κ1) is 14.4. The first-order chi connectivity index (χ1) is 8.56. The average molecular weight is 254 g/mol. The normalized spacial score (nSPS) is 10.4. The van der Waals surface area contributed by atoms with Crippen molar-refractivity contribution in [1.29, 1.82) is 0 Å². The molecule has 0 saturated heterocycles. The molecule has 3 N–H and O–H groups in total. The number of methoxy groups -OCH3 is 1. The van der Waals surface area contributed by atoms with Crippen LogP contribution in [0.25, 0.3) is 0 Å². The Bertz CT molecular complexity index is 422. The van der Waals surface area contributed by atoms with Gasteiger partial charge in [-0.2, -0.15) is 0 Å². The van der Waals surface area contributed by atoms with Crippen LogP contribution < -0.4 is 11.1 Å². The lowest BCUT2D eigenvalue weighted by Gasteiger charge is -2.08. The SMILES string of the molecule is COCCCCNC(=O)c1cc(N)cc(C)c1F. The van der Waals surface area contributed by atoms with Crippen molar-refractivity contribution >= 4 is 11.6 Å². The van der Waals surface area contributed by atoms with Crippen molar-refractivity contribution in [3.05, 3.63) is 29.1 Å². The summed E-state index contributed by atoms with van der Waals surface area (Å²) in [4.78, 5) is 11.8. The van der Waals surface area contributed by atoms with E-state index in [2.05, 4.69) is 5.32 Å². The molecule has 0 radical (unpaired) electrons. The van der Waals surface area contributed by atoms with Crippen molar-refractivity contribution in [2.24, 2.45) is 0 Å². The van der Waals surface area contributed by atoms with Crippen LogP contribution in [0.4, 0.5) is 10.1 Å². The molecule has 100 valence electrons. The number of rotatable bonds is 6. The second-order valence-electron chi connectivity index (χ2n) is 4.16. The lowest BCUT2D eigenvalue weighted by Crippen LogP contribution is -2.26. The fraction of sp³-hybridized carbons (Fsp3) is 0.462. The van der Waals surface area contributed by atoms with Crippen molar-refractivity contribution in [1.82, 2.24) is 5.32 Å². The van der Waals surface area contributed by atoms with Crippen LogP contribution in [0.15, 0.2) is 12.1 Å². The number of benzene rings is 1. The third-order valence-electron chi connectivity index (χ3n) is 2.58. The molecule has 0 aromatic heterocycles. The number of unbranched alkanes of at least 4 members (excludes halogenated alkanes) is 1. The Balaban J connectivity index is 2.56. The van der Waals surface area contributed by atoms with Gasteiger partial charge >= 0.3 is 0 Å². The third kappa shape index (κ3) is 4.00. The van der Waals surface area contributed by atoms with Crippen LogP contribution in [0.2, 0.25) is 0 Å². The zero-order valence-corrected chi connectivity index (χ0v) is 10.8.